The van der Waals surface area contributed by atoms with Gasteiger partial charge in [-0.15, -0.1) is 0 Å². The molecule has 1 saturated carbocycles. The van der Waals surface area contributed by atoms with Crippen LogP contribution in [0.1, 0.15) is 31.8 Å². The van der Waals surface area contributed by atoms with Gasteiger partial charge in [0, 0.05) is 26.3 Å². The highest BCUT2D eigenvalue weighted by molar-refractivity contribution is 7.90. The van der Waals surface area contributed by atoms with E-state index in [0.717, 1.165) is 43.0 Å². The fourth-order valence-electron chi connectivity index (χ4n) is 4.11. The zero-order valence-electron chi connectivity index (χ0n) is 14.2. The van der Waals surface area contributed by atoms with Crippen molar-refractivity contribution in [2.24, 2.45) is 5.92 Å². The molecule has 1 aliphatic carbocycles. The van der Waals surface area contributed by atoms with Crippen LogP contribution in [0.5, 0.6) is 0 Å². The second-order valence-corrected chi connectivity index (χ2v) is 9.58. The van der Waals surface area contributed by atoms with Gasteiger partial charge in [-0.3, -0.25) is 0 Å². The molecule has 0 aromatic carbocycles. The summed E-state index contributed by atoms with van der Waals surface area (Å²) in [6.45, 7) is 1.31. The fourth-order valence-corrected chi connectivity index (χ4v) is 6.04. The second-order valence-electron chi connectivity index (χ2n) is 7.36. The molecule has 0 spiro atoms. The second kappa shape index (κ2) is 5.39. The molecule has 2 unspecified atom stereocenters. The first-order valence-corrected chi connectivity index (χ1v) is 10.3. The van der Waals surface area contributed by atoms with Crippen LogP contribution in [-0.2, 0) is 10.0 Å². The quantitative estimate of drug-likeness (QED) is 0.884. The minimum Gasteiger partial charge on any atom is -0.304 e. The van der Waals surface area contributed by atoms with Crippen molar-refractivity contribution in [1.82, 2.24) is 23.8 Å². The van der Waals surface area contributed by atoms with Crippen LogP contribution >= 0.6 is 0 Å². The summed E-state index contributed by atoms with van der Waals surface area (Å²) in [5.41, 5.74) is 4.36. The number of sulfonamides is 1. The van der Waals surface area contributed by atoms with E-state index in [9.17, 15) is 8.42 Å². The predicted octanol–water partition coefficient (Wildman–Crippen LogP) is 1.36. The number of hydrogen-bond acceptors (Lipinski definition) is 6. The largest absolute Gasteiger partial charge is 0.304 e. The van der Waals surface area contributed by atoms with E-state index >= 15 is 0 Å². The van der Waals surface area contributed by atoms with Crippen LogP contribution in [0.25, 0.3) is 11.5 Å². The Morgan fingerprint density at radius 2 is 2.12 bits per heavy atom. The molecule has 0 aromatic rings. The van der Waals surface area contributed by atoms with Crippen molar-refractivity contribution in [3.05, 3.63) is 18.5 Å². The average Bonchev–Trinajstić information content (AvgIpc) is 3.03. The molecule has 1 N–H and O–H groups in total. The molecule has 4 aliphatic heterocycles. The van der Waals surface area contributed by atoms with Gasteiger partial charge in [0.2, 0.25) is 10.0 Å². The van der Waals surface area contributed by atoms with E-state index < -0.39 is 10.0 Å². The van der Waals surface area contributed by atoms with Gasteiger partial charge in [0.1, 0.15) is 12.0 Å². The maximum absolute atomic E-state index is 12.5. The zero-order chi connectivity index (χ0) is 17.2. The van der Waals surface area contributed by atoms with E-state index in [-0.39, 0.29) is 11.4 Å². The molecule has 8 nitrogen and oxygen atoms in total. The summed E-state index contributed by atoms with van der Waals surface area (Å²) in [5, 5.41) is 1.97. The molecule has 0 radical (unpaired) electrons. The van der Waals surface area contributed by atoms with Crippen LogP contribution in [0.15, 0.2) is 18.5 Å². The lowest BCUT2D eigenvalue weighted by Gasteiger charge is -2.25. The monoisotopic (exact) mass is 362 g/mol. The SMILES string of the molecule is CN1Nc2cnc3nccc-3n2C1CC1CCN(S(=O)(=O)C2CC2)C1. The molecule has 5 rings (SSSR count). The fraction of sp³-hybridized carbons (Fsp3) is 0.625. The van der Waals surface area contributed by atoms with Crippen molar-refractivity contribution >= 4 is 15.8 Å². The van der Waals surface area contributed by atoms with E-state index in [1.54, 1.807) is 10.5 Å². The van der Waals surface area contributed by atoms with Crippen molar-refractivity contribution in [2.45, 2.75) is 37.1 Å². The third kappa shape index (κ3) is 2.44. The first kappa shape index (κ1) is 15.5. The normalized spacial score (nSPS) is 27.7. The Morgan fingerprint density at radius 1 is 1.28 bits per heavy atom. The molecule has 2 atom stereocenters. The van der Waals surface area contributed by atoms with Gasteiger partial charge >= 0.3 is 0 Å². The van der Waals surface area contributed by atoms with Crippen LogP contribution in [0.2, 0.25) is 0 Å². The highest BCUT2D eigenvalue weighted by Gasteiger charge is 2.43. The topological polar surface area (TPSA) is 83.4 Å². The number of aromatic nitrogens is 3. The summed E-state index contributed by atoms with van der Waals surface area (Å²) in [7, 11) is -1.03. The van der Waals surface area contributed by atoms with E-state index in [1.165, 1.54) is 0 Å². The third-order valence-corrected chi connectivity index (χ3v) is 7.99. The summed E-state index contributed by atoms with van der Waals surface area (Å²) < 4.78 is 28.9. The Kier molecular flexibility index (Phi) is 3.35. The van der Waals surface area contributed by atoms with Crippen molar-refractivity contribution in [3.8, 4) is 11.5 Å². The van der Waals surface area contributed by atoms with Crippen molar-refractivity contribution in [1.29, 1.82) is 0 Å². The third-order valence-electron chi connectivity index (χ3n) is 5.62. The minimum atomic E-state index is -3.05. The number of hydrogen-bond donors (Lipinski definition) is 1. The van der Waals surface area contributed by atoms with E-state index in [4.69, 9.17) is 0 Å². The Labute approximate surface area is 147 Å². The molecule has 2 fully saturated rings. The van der Waals surface area contributed by atoms with Crippen molar-refractivity contribution in [2.75, 3.05) is 25.6 Å². The number of fused-ring (bicyclic) bond motifs is 3. The number of nitrogens with one attached hydrogen (secondary N) is 1. The van der Waals surface area contributed by atoms with Gasteiger partial charge in [0.05, 0.1) is 17.1 Å². The number of rotatable bonds is 4. The summed E-state index contributed by atoms with van der Waals surface area (Å²) in [5.74, 6) is 2.07. The lowest BCUT2D eigenvalue weighted by molar-refractivity contribution is 0.210. The summed E-state index contributed by atoms with van der Waals surface area (Å²) >= 11 is 0. The van der Waals surface area contributed by atoms with Gasteiger partial charge < -0.3 is 9.99 Å². The molecule has 0 aromatic heterocycles. The minimum absolute atomic E-state index is 0.113. The maximum atomic E-state index is 12.5. The molecule has 1 saturated heterocycles. The molecule has 9 heteroatoms. The summed E-state index contributed by atoms with van der Waals surface area (Å²) in [6.07, 6.45) is 7.22. The Morgan fingerprint density at radius 3 is 2.92 bits per heavy atom. The first-order valence-electron chi connectivity index (χ1n) is 8.84. The number of nitrogens with zero attached hydrogens (tertiary/aromatic N) is 5. The van der Waals surface area contributed by atoms with E-state index in [0.29, 0.717) is 19.0 Å². The Balaban J connectivity index is 1.37. The van der Waals surface area contributed by atoms with Crippen LogP contribution in [0.3, 0.4) is 0 Å². The van der Waals surface area contributed by atoms with Gasteiger partial charge in [-0.1, -0.05) is 0 Å². The standard InChI is InChI=1S/C16H22N6O2S/c1-20-15(22-13-4-6-17-16(13)18-9-14(22)19-20)8-11-5-7-21(10-11)25(23,24)12-2-3-12/h4,6,9,11-12,15,19H,2-3,5,7-8,10H2,1H3. The average molecular weight is 362 g/mol. The predicted molar refractivity (Wildman–Crippen MR) is 93.3 cm³/mol. The molecular weight excluding hydrogens is 340 g/mol. The Hall–Kier alpha value is -1.71. The molecule has 0 amide bonds. The van der Waals surface area contributed by atoms with Crippen LogP contribution in [0, 0.1) is 5.92 Å². The van der Waals surface area contributed by atoms with Crippen molar-refractivity contribution < 1.29 is 8.42 Å². The smallest absolute Gasteiger partial charge is 0.216 e. The van der Waals surface area contributed by atoms with Crippen LogP contribution < -0.4 is 5.43 Å². The maximum Gasteiger partial charge on any atom is 0.216 e. The molecular formula is C16H22N6O2S. The zero-order valence-corrected chi connectivity index (χ0v) is 15.0. The molecule has 5 aliphatic rings. The summed E-state index contributed by atoms with van der Waals surface area (Å²) in [4.78, 5) is 8.67. The highest BCUT2D eigenvalue weighted by Crippen LogP contribution is 2.39. The van der Waals surface area contributed by atoms with Crippen LogP contribution in [-0.4, -0.2) is 57.7 Å². The number of anilines is 1. The van der Waals surface area contributed by atoms with Gasteiger partial charge in [0.15, 0.2) is 5.82 Å². The van der Waals surface area contributed by atoms with Gasteiger partial charge in [-0.2, -0.15) is 0 Å². The lowest BCUT2D eigenvalue weighted by atomic mass is 10.0. The number of hydrazine groups is 1. The highest BCUT2D eigenvalue weighted by atomic mass is 32.2. The molecule has 0 bridgehead atoms. The Bertz CT molecular complexity index is 877. The molecule has 4 heterocycles. The molecule has 134 valence electrons. The van der Waals surface area contributed by atoms with Crippen LogP contribution in [0.4, 0.5) is 5.82 Å². The van der Waals surface area contributed by atoms with Crippen molar-refractivity contribution in [3.63, 3.8) is 0 Å². The first-order chi connectivity index (χ1) is 12.0. The van der Waals surface area contributed by atoms with Gasteiger partial charge in [-0.05, 0) is 37.7 Å². The molecule has 25 heavy (non-hydrogen) atoms. The van der Waals surface area contributed by atoms with Gasteiger partial charge in [-0.25, -0.2) is 27.7 Å². The summed E-state index contributed by atoms with van der Waals surface area (Å²) in [6, 6.07) is 1.98. The van der Waals surface area contributed by atoms with Gasteiger partial charge in [0.25, 0.3) is 0 Å². The van der Waals surface area contributed by atoms with E-state index in [1.807, 2.05) is 19.3 Å². The lowest BCUT2D eigenvalue weighted by Crippen LogP contribution is -2.32. The van der Waals surface area contributed by atoms with E-state index in [2.05, 4.69) is 25.0 Å².